The van der Waals surface area contributed by atoms with Crippen molar-refractivity contribution in [3.05, 3.63) is 60.3 Å². The Bertz CT molecular complexity index is 1110. The first-order valence-electron chi connectivity index (χ1n) is 9.48. The Kier molecular flexibility index (Phi) is 4.77. The molecule has 0 amide bonds. The van der Waals surface area contributed by atoms with Gasteiger partial charge in [0.25, 0.3) is 0 Å². The number of benzene rings is 2. The van der Waals surface area contributed by atoms with E-state index < -0.39 is 0 Å². The Morgan fingerprint density at radius 2 is 2.04 bits per heavy atom. The summed E-state index contributed by atoms with van der Waals surface area (Å²) >= 11 is 0. The monoisotopic (exact) mass is 375 g/mol. The molecule has 2 aromatic carbocycles. The Hall–Kier alpha value is -3.28. The normalized spacial score (nSPS) is 11.3. The Labute approximate surface area is 164 Å². The van der Waals surface area contributed by atoms with Crippen molar-refractivity contribution in [2.75, 3.05) is 12.4 Å². The van der Waals surface area contributed by atoms with E-state index in [9.17, 15) is 0 Å². The largest absolute Gasteiger partial charge is 0.494 e. The molecule has 0 saturated carbocycles. The van der Waals surface area contributed by atoms with Gasteiger partial charge in [-0.15, -0.1) is 0 Å². The molecular formula is C22H25N5O. The van der Waals surface area contributed by atoms with Gasteiger partial charge in [0.1, 0.15) is 23.6 Å². The molecule has 2 N–H and O–H groups in total. The highest BCUT2D eigenvalue weighted by Crippen LogP contribution is 2.31. The van der Waals surface area contributed by atoms with Crippen LogP contribution in [0.1, 0.15) is 25.4 Å². The molecule has 0 aliphatic rings. The number of fused-ring (bicyclic) bond motifs is 1. The summed E-state index contributed by atoms with van der Waals surface area (Å²) in [7, 11) is 1.66. The average molecular weight is 375 g/mol. The lowest BCUT2D eigenvalue weighted by atomic mass is 10.1. The Morgan fingerprint density at radius 3 is 2.75 bits per heavy atom. The predicted octanol–water partition coefficient (Wildman–Crippen LogP) is 5.01. The molecular weight excluding hydrogens is 350 g/mol. The molecule has 0 unspecified atom stereocenters. The second kappa shape index (κ2) is 7.38. The molecule has 0 spiro atoms. The topological polar surface area (TPSA) is 67.8 Å². The lowest BCUT2D eigenvalue weighted by Crippen LogP contribution is -2.00. The van der Waals surface area contributed by atoms with Gasteiger partial charge in [-0.25, -0.2) is 9.67 Å². The first kappa shape index (κ1) is 18.1. The van der Waals surface area contributed by atoms with Crippen molar-refractivity contribution in [1.29, 1.82) is 0 Å². The zero-order valence-corrected chi connectivity index (χ0v) is 16.7. The summed E-state index contributed by atoms with van der Waals surface area (Å²) in [4.78, 5) is 7.72. The molecule has 0 aliphatic heterocycles. The molecule has 0 atom stereocenters. The lowest BCUT2D eigenvalue weighted by molar-refractivity contribution is 0.412. The molecule has 2 aromatic heterocycles. The predicted molar refractivity (Wildman–Crippen MR) is 113 cm³/mol. The van der Waals surface area contributed by atoms with Crippen molar-refractivity contribution in [2.24, 2.45) is 5.92 Å². The number of methoxy groups -OCH3 is 1. The molecule has 0 saturated heterocycles. The van der Waals surface area contributed by atoms with Crippen LogP contribution in [0.25, 0.3) is 16.6 Å². The van der Waals surface area contributed by atoms with Crippen LogP contribution in [0.4, 0.5) is 11.4 Å². The Morgan fingerprint density at radius 1 is 1.18 bits per heavy atom. The van der Waals surface area contributed by atoms with E-state index in [1.54, 1.807) is 18.1 Å². The van der Waals surface area contributed by atoms with Gasteiger partial charge >= 0.3 is 0 Å². The van der Waals surface area contributed by atoms with Crippen LogP contribution in [0.5, 0.6) is 5.75 Å². The summed E-state index contributed by atoms with van der Waals surface area (Å²) in [6, 6.07) is 14.5. The maximum Gasteiger partial charge on any atom is 0.147 e. The third-order valence-electron chi connectivity index (χ3n) is 4.66. The third kappa shape index (κ3) is 3.58. The standard InChI is InChI=1S/C22H25N5O/c1-14(2)10-17-11-18-19(6-5-7-20(18)25-17)24-16-8-9-21(22(12-16)28-4)27-13-23-15(3)26-27/h5-9,11-14,24-25H,10H2,1-4H3. The first-order valence-corrected chi connectivity index (χ1v) is 9.48. The smallest absolute Gasteiger partial charge is 0.147 e. The third-order valence-corrected chi connectivity index (χ3v) is 4.66. The number of nitrogens with zero attached hydrogens (tertiary/aromatic N) is 3. The maximum absolute atomic E-state index is 5.59. The van der Waals surface area contributed by atoms with Crippen LogP contribution >= 0.6 is 0 Å². The summed E-state index contributed by atoms with van der Waals surface area (Å²) in [5.74, 6) is 2.07. The quantitative estimate of drug-likeness (QED) is 0.497. The minimum absolute atomic E-state index is 0.613. The van der Waals surface area contributed by atoms with Gasteiger partial charge in [-0.3, -0.25) is 0 Å². The lowest BCUT2D eigenvalue weighted by Gasteiger charge is -2.12. The number of hydrogen-bond acceptors (Lipinski definition) is 4. The zero-order chi connectivity index (χ0) is 19.7. The molecule has 4 aromatic rings. The summed E-state index contributed by atoms with van der Waals surface area (Å²) in [6.07, 6.45) is 2.73. The van der Waals surface area contributed by atoms with Crippen LogP contribution in [0.3, 0.4) is 0 Å². The molecule has 28 heavy (non-hydrogen) atoms. The number of ether oxygens (including phenoxy) is 1. The number of anilines is 2. The average Bonchev–Trinajstić information content (AvgIpc) is 3.27. The van der Waals surface area contributed by atoms with Gasteiger partial charge in [0, 0.05) is 34.0 Å². The molecule has 6 nitrogen and oxygen atoms in total. The summed E-state index contributed by atoms with van der Waals surface area (Å²) in [5, 5.41) is 9.09. The van der Waals surface area contributed by atoms with E-state index in [1.165, 1.54) is 11.1 Å². The van der Waals surface area contributed by atoms with E-state index in [2.05, 4.69) is 58.5 Å². The van der Waals surface area contributed by atoms with Gasteiger partial charge in [0.05, 0.1) is 7.11 Å². The number of hydrogen-bond donors (Lipinski definition) is 2. The minimum atomic E-state index is 0.613. The molecule has 0 fully saturated rings. The highest BCUT2D eigenvalue weighted by Gasteiger charge is 2.11. The molecule has 144 valence electrons. The van der Waals surface area contributed by atoms with Gasteiger partial charge in [-0.2, -0.15) is 5.10 Å². The van der Waals surface area contributed by atoms with Gasteiger partial charge in [-0.05, 0) is 49.6 Å². The van der Waals surface area contributed by atoms with E-state index in [0.717, 1.165) is 40.6 Å². The highest BCUT2D eigenvalue weighted by atomic mass is 16.5. The molecule has 4 rings (SSSR count). The Balaban J connectivity index is 1.66. The van der Waals surface area contributed by atoms with Gasteiger partial charge in [0.2, 0.25) is 0 Å². The summed E-state index contributed by atoms with van der Waals surface area (Å²) < 4.78 is 7.31. The van der Waals surface area contributed by atoms with Crippen molar-refractivity contribution in [1.82, 2.24) is 19.7 Å². The van der Waals surface area contributed by atoms with Crippen molar-refractivity contribution < 1.29 is 4.74 Å². The fourth-order valence-corrected chi connectivity index (χ4v) is 3.43. The van der Waals surface area contributed by atoms with Gasteiger partial charge in [-0.1, -0.05) is 19.9 Å². The van der Waals surface area contributed by atoms with Crippen molar-refractivity contribution in [2.45, 2.75) is 27.2 Å². The maximum atomic E-state index is 5.59. The zero-order valence-electron chi connectivity index (χ0n) is 16.7. The van der Waals surface area contributed by atoms with E-state index in [0.29, 0.717) is 5.92 Å². The van der Waals surface area contributed by atoms with Crippen LogP contribution in [0.15, 0.2) is 48.8 Å². The fraction of sp³-hybridized carbons (Fsp3) is 0.273. The first-order chi connectivity index (χ1) is 13.5. The summed E-state index contributed by atoms with van der Waals surface area (Å²) in [6.45, 7) is 6.33. The second-order valence-corrected chi connectivity index (χ2v) is 7.41. The number of nitrogens with one attached hydrogen (secondary N) is 2. The van der Waals surface area contributed by atoms with Crippen LogP contribution < -0.4 is 10.1 Å². The molecule has 0 radical (unpaired) electrons. The number of H-pyrrole nitrogens is 1. The van der Waals surface area contributed by atoms with Crippen molar-refractivity contribution >= 4 is 22.3 Å². The second-order valence-electron chi connectivity index (χ2n) is 7.41. The number of aromatic amines is 1. The van der Waals surface area contributed by atoms with E-state index in [4.69, 9.17) is 4.74 Å². The minimum Gasteiger partial charge on any atom is -0.494 e. The SMILES string of the molecule is COc1cc(Nc2cccc3[nH]c(CC(C)C)cc23)ccc1-n1cnc(C)n1. The number of rotatable bonds is 6. The number of aromatic nitrogens is 4. The number of aryl methyl sites for hydroxylation is 1. The van der Waals surface area contributed by atoms with Crippen LogP contribution in [-0.2, 0) is 6.42 Å². The fourth-order valence-electron chi connectivity index (χ4n) is 3.43. The van der Waals surface area contributed by atoms with E-state index in [1.807, 2.05) is 25.1 Å². The van der Waals surface area contributed by atoms with Crippen molar-refractivity contribution in [3.8, 4) is 11.4 Å². The van der Waals surface area contributed by atoms with E-state index >= 15 is 0 Å². The highest BCUT2D eigenvalue weighted by molar-refractivity contribution is 5.94. The van der Waals surface area contributed by atoms with Crippen molar-refractivity contribution in [3.63, 3.8) is 0 Å². The van der Waals surface area contributed by atoms with Gasteiger partial charge < -0.3 is 15.0 Å². The van der Waals surface area contributed by atoms with Crippen LogP contribution in [0.2, 0.25) is 0 Å². The van der Waals surface area contributed by atoms with E-state index in [-0.39, 0.29) is 0 Å². The van der Waals surface area contributed by atoms with Gasteiger partial charge in [0.15, 0.2) is 0 Å². The molecule has 2 heterocycles. The molecule has 0 aliphatic carbocycles. The van der Waals surface area contributed by atoms with Crippen LogP contribution in [0, 0.1) is 12.8 Å². The van der Waals surface area contributed by atoms with Crippen LogP contribution in [-0.4, -0.2) is 26.9 Å². The molecule has 0 bridgehead atoms. The summed E-state index contributed by atoms with van der Waals surface area (Å²) in [5.41, 5.74) is 5.27. The molecule has 6 heteroatoms.